The first kappa shape index (κ1) is 13.5. The van der Waals surface area contributed by atoms with Crippen molar-refractivity contribution >= 4 is 47.8 Å². The quantitative estimate of drug-likeness (QED) is 0.473. The maximum absolute atomic E-state index is 5.71. The van der Waals surface area contributed by atoms with Crippen LogP contribution in [0.4, 0.5) is 0 Å². The number of halogens is 3. The molecule has 1 aromatic rings. The van der Waals surface area contributed by atoms with Crippen LogP contribution in [0.15, 0.2) is 27.1 Å². The van der Waals surface area contributed by atoms with E-state index in [4.69, 9.17) is 4.74 Å². The van der Waals surface area contributed by atoms with E-state index in [1.54, 1.807) is 0 Å². The van der Waals surface area contributed by atoms with Crippen LogP contribution in [-0.2, 0) is 0 Å². The minimum atomic E-state index is 0.772. The van der Waals surface area contributed by atoms with Crippen molar-refractivity contribution in [3.63, 3.8) is 0 Å². The van der Waals surface area contributed by atoms with Gasteiger partial charge in [-0.25, -0.2) is 0 Å². The summed E-state index contributed by atoms with van der Waals surface area (Å²) in [4.78, 5) is 0. The van der Waals surface area contributed by atoms with Gasteiger partial charge in [-0.05, 0) is 63.3 Å². The Morgan fingerprint density at radius 2 is 1.67 bits per heavy atom. The highest BCUT2D eigenvalue weighted by atomic mass is 79.9. The normalized spacial score (nSPS) is 10.3. The van der Waals surface area contributed by atoms with Gasteiger partial charge in [0, 0.05) is 5.33 Å². The summed E-state index contributed by atoms with van der Waals surface area (Å²) in [5.74, 6) is 0.899. The molecule has 0 aromatic heterocycles. The molecule has 1 aromatic carbocycles. The highest BCUT2D eigenvalue weighted by molar-refractivity contribution is 9.11. The number of para-hydroxylation sites is 1. The molecule has 0 aliphatic carbocycles. The first-order valence-electron chi connectivity index (χ1n) is 4.88. The summed E-state index contributed by atoms with van der Waals surface area (Å²) >= 11 is 10.3. The van der Waals surface area contributed by atoms with Gasteiger partial charge in [-0.3, -0.25) is 0 Å². The highest BCUT2D eigenvalue weighted by Crippen LogP contribution is 2.32. The maximum atomic E-state index is 5.71. The van der Waals surface area contributed by atoms with Crippen molar-refractivity contribution in [1.29, 1.82) is 0 Å². The van der Waals surface area contributed by atoms with Gasteiger partial charge in [-0.2, -0.15) is 0 Å². The van der Waals surface area contributed by atoms with Crippen LogP contribution in [0, 0.1) is 0 Å². The average Bonchev–Trinajstić information content (AvgIpc) is 2.21. The average molecular weight is 401 g/mol. The van der Waals surface area contributed by atoms with Gasteiger partial charge >= 0.3 is 0 Å². The first-order chi connectivity index (χ1) is 7.25. The Labute approximate surface area is 116 Å². The van der Waals surface area contributed by atoms with Crippen LogP contribution in [0.3, 0.4) is 0 Å². The fourth-order valence-corrected chi connectivity index (χ4v) is 2.79. The van der Waals surface area contributed by atoms with Gasteiger partial charge in [0.15, 0.2) is 0 Å². The van der Waals surface area contributed by atoms with Crippen LogP contribution in [0.1, 0.15) is 19.3 Å². The van der Waals surface area contributed by atoms with Crippen LogP contribution in [0.5, 0.6) is 5.75 Å². The monoisotopic (exact) mass is 398 g/mol. The number of unbranched alkanes of at least 4 members (excludes halogenated alkanes) is 2. The topological polar surface area (TPSA) is 9.23 Å². The Hall–Kier alpha value is 0.460. The molecule has 0 unspecified atom stereocenters. The predicted octanol–water partition coefficient (Wildman–Crippen LogP) is 5.16. The molecule has 84 valence electrons. The van der Waals surface area contributed by atoms with Crippen LogP contribution >= 0.6 is 47.8 Å². The highest BCUT2D eigenvalue weighted by Gasteiger charge is 2.04. The molecule has 0 saturated carbocycles. The summed E-state index contributed by atoms with van der Waals surface area (Å²) < 4.78 is 7.70. The molecular formula is C11H13Br3O. The van der Waals surface area contributed by atoms with E-state index in [-0.39, 0.29) is 0 Å². The van der Waals surface area contributed by atoms with Gasteiger partial charge < -0.3 is 4.74 Å². The molecule has 0 amide bonds. The Morgan fingerprint density at radius 3 is 2.27 bits per heavy atom. The summed E-state index contributed by atoms with van der Waals surface area (Å²) in [6.45, 7) is 0.772. The van der Waals surface area contributed by atoms with Crippen LogP contribution in [0.25, 0.3) is 0 Å². The summed E-state index contributed by atoms with van der Waals surface area (Å²) in [7, 11) is 0. The van der Waals surface area contributed by atoms with E-state index in [9.17, 15) is 0 Å². The second-order valence-corrected chi connectivity index (χ2v) is 5.65. The van der Waals surface area contributed by atoms with Crippen LogP contribution < -0.4 is 4.74 Å². The van der Waals surface area contributed by atoms with Gasteiger partial charge in [-0.15, -0.1) is 0 Å². The minimum absolute atomic E-state index is 0.772. The maximum Gasteiger partial charge on any atom is 0.147 e. The Morgan fingerprint density at radius 1 is 1.00 bits per heavy atom. The van der Waals surface area contributed by atoms with Crippen molar-refractivity contribution < 1.29 is 4.74 Å². The molecule has 0 N–H and O–H groups in total. The lowest BCUT2D eigenvalue weighted by molar-refractivity contribution is 0.303. The third-order valence-corrected chi connectivity index (χ3v) is 3.75. The van der Waals surface area contributed by atoms with E-state index >= 15 is 0 Å². The lowest BCUT2D eigenvalue weighted by atomic mass is 10.3. The predicted molar refractivity (Wildman–Crippen MR) is 75.0 cm³/mol. The summed E-state index contributed by atoms with van der Waals surface area (Å²) in [6.07, 6.45) is 3.51. The van der Waals surface area contributed by atoms with Crippen LogP contribution in [-0.4, -0.2) is 11.9 Å². The van der Waals surface area contributed by atoms with Crippen molar-refractivity contribution in [3.05, 3.63) is 27.1 Å². The number of hydrogen-bond acceptors (Lipinski definition) is 1. The van der Waals surface area contributed by atoms with Crippen molar-refractivity contribution in [1.82, 2.24) is 0 Å². The fraction of sp³-hybridized carbons (Fsp3) is 0.455. The Balaban J connectivity index is 2.37. The molecule has 0 heterocycles. The van der Waals surface area contributed by atoms with E-state index in [0.29, 0.717) is 0 Å². The van der Waals surface area contributed by atoms with Crippen molar-refractivity contribution in [2.75, 3.05) is 11.9 Å². The molecule has 0 atom stereocenters. The zero-order valence-corrected chi connectivity index (χ0v) is 13.1. The van der Waals surface area contributed by atoms with Gasteiger partial charge in [0.1, 0.15) is 5.75 Å². The molecule has 0 radical (unpaired) electrons. The van der Waals surface area contributed by atoms with E-state index in [1.165, 1.54) is 12.8 Å². The second-order valence-electron chi connectivity index (χ2n) is 3.15. The first-order valence-corrected chi connectivity index (χ1v) is 7.59. The van der Waals surface area contributed by atoms with E-state index < -0.39 is 0 Å². The minimum Gasteiger partial charge on any atom is -0.491 e. The Bertz CT molecular complexity index is 282. The number of alkyl halides is 1. The molecular weight excluding hydrogens is 388 g/mol. The molecule has 0 aliphatic heterocycles. The fourth-order valence-electron chi connectivity index (χ4n) is 1.17. The molecule has 0 bridgehead atoms. The van der Waals surface area contributed by atoms with Crippen LogP contribution in [0.2, 0.25) is 0 Å². The third kappa shape index (κ3) is 4.87. The third-order valence-electron chi connectivity index (χ3n) is 1.94. The van der Waals surface area contributed by atoms with Gasteiger partial charge in [-0.1, -0.05) is 22.0 Å². The van der Waals surface area contributed by atoms with Crippen molar-refractivity contribution in [2.45, 2.75) is 19.3 Å². The molecule has 1 nitrogen and oxygen atoms in total. The SMILES string of the molecule is BrCCCCCOc1c(Br)cccc1Br. The number of hydrogen-bond donors (Lipinski definition) is 0. The number of benzene rings is 1. The number of rotatable bonds is 6. The summed E-state index contributed by atoms with van der Waals surface area (Å²) in [5, 5.41) is 1.08. The molecule has 0 saturated heterocycles. The smallest absolute Gasteiger partial charge is 0.147 e. The zero-order valence-electron chi connectivity index (χ0n) is 8.31. The molecule has 1 rings (SSSR count). The largest absolute Gasteiger partial charge is 0.491 e. The van der Waals surface area contributed by atoms with Gasteiger partial charge in [0.05, 0.1) is 15.6 Å². The molecule has 0 aliphatic rings. The van der Waals surface area contributed by atoms with Gasteiger partial charge in [0.2, 0.25) is 0 Å². The number of ether oxygens (including phenoxy) is 1. The lowest BCUT2D eigenvalue weighted by Gasteiger charge is -2.09. The summed E-state index contributed by atoms with van der Waals surface area (Å²) in [5.41, 5.74) is 0. The summed E-state index contributed by atoms with van der Waals surface area (Å²) in [6, 6.07) is 5.95. The van der Waals surface area contributed by atoms with E-state index in [1.807, 2.05) is 18.2 Å². The Kier molecular flexibility index (Phi) is 6.93. The second kappa shape index (κ2) is 7.69. The standard InChI is InChI=1S/C11H13Br3O/c12-7-2-1-3-8-15-11-9(13)5-4-6-10(11)14/h4-6H,1-3,7-8H2. The van der Waals surface area contributed by atoms with E-state index in [2.05, 4.69) is 47.8 Å². The molecule has 15 heavy (non-hydrogen) atoms. The van der Waals surface area contributed by atoms with Crippen molar-refractivity contribution in [3.8, 4) is 5.75 Å². The zero-order chi connectivity index (χ0) is 11.1. The molecule has 0 spiro atoms. The van der Waals surface area contributed by atoms with Gasteiger partial charge in [0.25, 0.3) is 0 Å². The molecule has 0 fully saturated rings. The van der Waals surface area contributed by atoms with Crippen molar-refractivity contribution in [2.24, 2.45) is 0 Å². The molecule has 4 heteroatoms. The van der Waals surface area contributed by atoms with E-state index in [0.717, 1.165) is 33.1 Å². The lowest BCUT2D eigenvalue weighted by Crippen LogP contribution is -1.98.